The first-order valence-electron chi connectivity index (χ1n) is 7.51. The van der Waals surface area contributed by atoms with Crippen LogP contribution in [0.4, 0.5) is 5.69 Å². The fourth-order valence-electron chi connectivity index (χ4n) is 3.00. The van der Waals surface area contributed by atoms with E-state index in [-0.39, 0.29) is 24.5 Å². The highest BCUT2D eigenvalue weighted by molar-refractivity contribution is 5.99. The van der Waals surface area contributed by atoms with E-state index in [0.717, 1.165) is 6.42 Å². The first-order chi connectivity index (χ1) is 10.1. The number of hydrogen-bond acceptors (Lipinski definition) is 3. The van der Waals surface area contributed by atoms with Gasteiger partial charge < -0.3 is 15.4 Å². The van der Waals surface area contributed by atoms with Crippen molar-refractivity contribution in [3.05, 3.63) is 23.8 Å². The van der Waals surface area contributed by atoms with E-state index >= 15 is 0 Å². The standard InChI is InChI=1S/C16H20N2O3/c1-10-4-2-3-5-12(10)18-16(20)11-6-7-13-14(8-11)21-9-15(19)17-13/h6-8,10,12H,2-5,9H2,1H3,(H,17,19)(H,18,20)/t10-,12+/m1/s1. The smallest absolute Gasteiger partial charge is 0.262 e. The number of carbonyl (C=O) groups excluding carboxylic acids is 2. The molecule has 2 N–H and O–H groups in total. The summed E-state index contributed by atoms with van der Waals surface area (Å²) in [4.78, 5) is 23.6. The first-order valence-corrected chi connectivity index (χ1v) is 7.51. The van der Waals surface area contributed by atoms with E-state index in [2.05, 4.69) is 17.6 Å². The number of hydrogen-bond donors (Lipinski definition) is 2. The second-order valence-corrected chi connectivity index (χ2v) is 5.89. The van der Waals surface area contributed by atoms with Crippen molar-refractivity contribution in [1.82, 2.24) is 5.32 Å². The maximum atomic E-state index is 12.4. The van der Waals surface area contributed by atoms with Gasteiger partial charge in [0.2, 0.25) is 0 Å². The van der Waals surface area contributed by atoms with E-state index in [9.17, 15) is 9.59 Å². The third-order valence-corrected chi connectivity index (χ3v) is 4.30. The minimum atomic E-state index is -0.171. The van der Waals surface area contributed by atoms with Crippen LogP contribution in [0.5, 0.6) is 5.75 Å². The van der Waals surface area contributed by atoms with Crippen LogP contribution in [0, 0.1) is 5.92 Å². The summed E-state index contributed by atoms with van der Waals surface area (Å²) in [6, 6.07) is 5.38. The van der Waals surface area contributed by atoms with E-state index in [1.807, 2.05) is 0 Å². The van der Waals surface area contributed by atoms with Gasteiger partial charge in [0, 0.05) is 11.6 Å². The Morgan fingerprint density at radius 1 is 1.33 bits per heavy atom. The zero-order chi connectivity index (χ0) is 14.8. The van der Waals surface area contributed by atoms with Crippen molar-refractivity contribution in [2.75, 3.05) is 11.9 Å². The molecule has 3 rings (SSSR count). The summed E-state index contributed by atoms with van der Waals surface area (Å²) in [5, 5.41) is 5.84. The van der Waals surface area contributed by atoms with Crippen molar-refractivity contribution >= 4 is 17.5 Å². The average molecular weight is 288 g/mol. The van der Waals surface area contributed by atoms with E-state index in [1.54, 1.807) is 18.2 Å². The van der Waals surface area contributed by atoms with Gasteiger partial charge in [-0.05, 0) is 37.0 Å². The summed E-state index contributed by atoms with van der Waals surface area (Å²) in [5.41, 5.74) is 1.19. The summed E-state index contributed by atoms with van der Waals surface area (Å²) in [7, 11) is 0. The molecule has 21 heavy (non-hydrogen) atoms. The molecule has 2 aliphatic rings. The second-order valence-electron chi connectivity index (χ2n) is 5.89. The number of benzene rings is 1. The van der Waals surface area contributed by atoms with Gasteiger partial charge in [0.15, 0.2) is 6.61 Å². The highest BCUT2D eigenvalue weighted by Crippen LogP contribution is 2.29. The van der Waals surface area contributed by atoms with Gasteiger partial charge in [0.1, 0.15) is 5.75 Å². The van der Waals surface area contributed by atoms with Crippen LogP contribution in [0.3, 0.4) is 0 Å². The van der Waals surface area contributed by atoms with Crippen molar-refractivity contribution in [3.63, 3.8) is 0 Å². The number of ether oxygens (including phenoxy) is 1. The molecular weight excluding hydrogens is 268 g/mol. The fourth-order valence-corrected chi connectivity index (χ4v) is 3.00. The third kappa shape index (κ3) is 3.01. The van der Waals surface area contributed by atoms with Crippen LogP contribution in [0.25, 0.3) is 0 Å². The minimum absolute atomic E-state index is 0.00225. The Labute approximate surface area is 124 Å². The monoisotopic (exact) mass is 288 g/mol. The maximum Gasteiger partial charge on any atom is 0.262 e. The largest absolute Gasteiger partial charge is 0.482 e. The van der Waals surface area contributed by atoms with Crippen LogP contribution in [-0.4, -0.2) is 24.5 Å². The molecule has 1 heterocycles. The molecule has 0 bridgehead atoms. The molecule has 1 aliphatic heterocycles. The number of rotatable bonds is 2. The molecule has 0 spiro atoms. The maximum absolute atomic E-state index is 12.4. The van der Waals surface area contributed by atoms with Gasteiger partial charge in [-0.1, -0.05) is 19.8 Å². The van der Waals surface area contributed by atoms with E-state index in [1.165, 1.54) is 19.3 Å². The summed E-state index contributed by atoms with van der Waals surface area (Å²) in [6.45, 7) is 2.19. The van der Waals surface area contributed by atoms with Gasteiger partial charge in [-0.2, -0.15) is 0 Å². The molecule has 0 radical (unpaired) electrons. The molecule has 1 aromatic carbocycles. The Bertz CT molecular complexity index is 571. The molecule has 1 aromatic rings. The third-order valence-electron chi connectivity index (χ3n) is 4.30. The predicted molar refractivity (Wildman–Crippen MR) is 79.5 cm³/mol. The summed E-state index contributed by atoms with van der Waals surface area (Å²) < 4.78 is 5.35. The molecule has 1 aliphatic carbocycles. The van der Waals surface area contributed by atoms with Gasteiger partial charge in [-0.25, -0.2) is 0 Å². The zero-order valence-corrected chi connectivity index (χ0v) is 12.1. The predicted octanol–water partition coefficient (Wildman–Crippen LogP) is 2.33. The van der Waals surface area contributed by atoms with Crippen LogP contribution >= 0.6 is 0 Å². The highest BCUT2D eigenvalue weighted by Gasteiger charge is 2.24. The Kier molecular flexibility index (Phi) is 3.82. The average Bonchev–Trinajstić information content (AvgIpc) is 2.49. The van der Waals surface area contributed by atoms with Crippen molar-refractivity contribution in [2.45, 2.75) is 38.6 Å². The molecule has 1 fully saturated rings. The van der Waals surface area contributed by atoms with Gasteiger partial charge >= 0.3 is 0 Å². The fraction of sp³-hybridized carbons (Fsp3) is 0.500. The van der Waals surface area contributed by atoms with Crippen LogP contribution in [0.2, 0.25) is 0 Å². The lowest BCUT2D eigenvalue weighted by Crippen LogP contribution is -2.41. The van der Waals surface area contributed by atoms with Crippen LogP contribution in [0.15, 0.2) is 18.2 Å². The van der Waals surface area contributed by atoms with Crippen LogP contribution in [-0.2, 0) is 4.79 Å². The van der Waals surface area contributed by atoms with Crippen LogP contribution < -0.4 is 15.4 Å². The lowest BCUT2D eigenvalue weighted by Gasteiger charge is -2.29. The van der Waals surface area contributed by atoms with Crippen molar-refractivity contribution in [1.29, 1.82) is 0 Å². The van der Waals surface area contributed by atoms with Crippen molar-refractivity contribution in [2.24, 2.45) is 5.92 Å². The van der Waals surface area contributed by atoms with Gasteiger partial charge in [0.25, 0.3) is 11.8 Å². The molecular formula is C16H20N2O3. The minimum Gasteiger partial charge on any atom is -0.482 e. The molecule has 5 nitrogen and oxygen atoms in total. The normalized spacial score (nSPS) is 24.5. The SMILES string of the molecule is C[C@@H]1CCCC[C@@H]1NC(=O)c1ccc2c(c1)OCC(=O)N2. The number of nitrogens with one attached hydrogen (secondary N) is 2. The number of anilines is 1. The van der Waals surface area contributed by atoms with Crippen molar-refractivity contribution < 1.29 is 14.3 Å². The Morgan fingerprint density at radius 2 is 2.14 bits per heavy atom. The Hall–Kier alpha value is -2.04. The van der Waals surface area contributed by atoms with E-state index in [4.69, 9.17) is 4.74 Å². The van der Waals surface area contributed by atoms with Gasteiger partial charge in [-0.3, -0.25) is 9.59 Å². The zero-order valence-electron chi connectivity index (χ0n) is 12.1. The highest BCUT2D eigenvalue weighted by atomic mass is 16.5. The second kappa shape index (κ2) is 5.76. The topological polar surface area (TPSA) is 67.4 Å². The molecule has 0 aromatic heterocycles. The molecule has 5 heteroatoms. The molecule has 112 valence electrons. The lowest BCUT2D eigenvalue weighted by atomic mass is 9.86. The lowest BCUT2D eigenvalue weighted by molar-refractivity contribution is -0.118. The molecule has 0 unspecified atom stereocenters. The Balaban J connectivity index is 1.71. The molecule has 2 amide bonds. The first kappa shape index (κ1) is 13.9. The van der Waals surface area contributed by atoms with E-state index in [0.29, 0.717) is 22.9 Å². The number of fused-ring (bicyclic) bond motifs is 1. The molecule has 0 saturated heterocycles. The van der Waals surface area contributed by atoms with Gasteiger partial charge in [0.05, 0.1) is 5.69 Å². The number of amides is 2. The van der Waals surface area contributed by atoms with Crippen LogP contribution in [0.1, 0.15) is 43.0 Å². The summed E-state index contributed by atoms with van der Waals surface area (Å²) in [5.74, 6) is 0.836. The Morgan fingerprint density at radius 3 is 2.95 bits per heavy atom. The summed E-state index contributed by atoms with van der Waals surface area (Å²) >= 11 is 0. The molecule has 1 saturated carbocycles. The summed E-state index contributed by atoms with van der Waals surface area (Å²) in [6.07, 6.45) is 4.64. The quantitative estimate of drug-likeness (QED) is 0.877. The van der Waals surface area contributed by atoms with Crippen molar-refractivity contribution in [3.8, 4) is 5.75 Å². The van der Waals surface area contributed by atoms with E-state index < -0.39 is 0 Å². The molecule has 2 atom stereocenters. The number of carbonyl (C=O) groups is 2. The van der Waals surface area contributed by atoms with Gasteiger partial charge in [-0.15, -0.1) is 0 Å².